The summed E-state index contributed by atoms with van der Waals surface area (Å²) in [6.45, 7) is 4.31. The molecular formula is C5H12AlClO. The van der Waals surface area contributed by atoms with Crippen molar-refractivity contribution < 1.29 is 3.79 Å². The second-order valence-electron chi connectivity index (χ2n) is 2.28. The van der Waals surface area contributed by atoms with E-state index in [0.717, 1.165) is 5.28 Å². The van der Waals surface area contributed by atoms with Gasteiger partial charge in [0, 0.05) is 7.11 Å². The summed E-state index contributed by atoms with van der Waals surface area (Å²) in [6.07, 6.45) is 0. The molecule has 8 heavy (non-hydrogen) atoms. The molecule has 3 heteroatoms. The summed E-state index contributed by atoms with van der Waals surface area (Å²) in [5, 5.41) is 1.07. The van der Waals surface area contributed by atoms with Crippen LogP contribution in [0.2, 0.25) is 5.28 Å². The SMILES string of the molecule is C[O][Al]([Cl])[CH2]C(C)C. The fourth-order valence-corrected chi connectivity index (χ4v) is 2.47. The Balaban J connectivity index is 3.10. The first kappa shape index (κ1) is 8.78. The van der Waals surface area contributed by atoms with Crippen LogP contribution in [0.3, 0.4) is 0 Å². The molecule has 0 bridgehead atoms. The zero-order valence-corrected chi connectivity index (χ0v) is 7.56. The van der Waals surface area contributed by atoms with Crippen LogP contribution in [-0.2, 0) is 3.79 Å². The van der Waals surface area contributed by atoms with Gasteiger partial charge in [0.25, 0.3) is 0 Å². The van der Waals surface area contributed by atoms with E-state index in [2.05, 4.69) is 13.8 Å². The second kappa shape index (κ2) is 4.64. The number of halogens is 1. The molecule has 0 spiro atoms. The van der Waals surface area contributed by atoms with Crippen LogP contribution in [0.4, 0.5) is 0 Å². The normalized spacial score (nSPS) is 10.1. The van der Waals surface area contributed by atoms with Gasteiger partial charge in [-0.3, -0.25) is 0 Å². The van der Waals surface area contributed by atoms with Gasteiger partial charge < -0.3 is 3.79 Å². The van der Waals surface area contributed by atoms with Gasteiger partial charge in [0.15, 0.2) is 0 Å². The van der Waals surface area contributed by atoms with Gasteiger partial charge in [0.1, 0.15) is 0 Å². The van der Waals surface area contributed by atoms with E-state index in [-0.39, 0.29) is 0 Å². The van der Waals surface area contributed by atoms with Crippen molar-refractivity contribution in [2.45, 2.75) is 19.1 Å². The van der Waals surface area contributed by atoms with Crippen LogP contribution < -0.4 is 0 Å². The summed E-state index contributed by atoms with van der Waals surface area (Å²) in [7, 11) is 7.46. The standard InChI is InChI=1S/C4H9.CH3O.Al.ClH/c1-4(2)3;1-2;;/h4H,1H2,2-3H3;1H3;;1H/q;-1;+2;/p-1. The van der Waals surface area contributed by atoms with Gasteiger partial charge in [-0.2, -0.15) is 0 Å². The van der Waals surface area contributed by atoms with Gasteiger partial charge in [-0.25, -0.2) is 10.0 Å². The molecular weight excluding hydrogens is 138 g/mol. The average Bonchev–Trinajstić information content (AvgIpc) is 1.65. The van der Waals surface area contributed by atoms with Crippen molar-refractivity contribution in [2.75, 3.05) is 7.11 Å². The van der Waals surface area contributed by atoms with Crippen LogP contribution in [0.5, 0.6) is 0 Å². The molecule has 0 saturated carbocycles. The Kier molecular flexibility index (Phi) is 5.10. The molecule has 0 saturated heterocycles. The Morgan fingerprint density at radius 1 is 1.62 bits per heavy atom. The molecule has 0 radical (unpaired) electrons. The summed E-state index contributed by atoms with van der Waals surface area (Å²) >= 11 is -1.27. The third-order valence-electron chi connectivity index (χ3n) is 0.912. The van der Waals surface area contributed by atoms with E-state index in [9.17, 15) is 0 Å². The van der Waals surface area contributed by atoms with Crippen molar-refractivity contribution in [1.29, 1.82) is 0 Å². The van der Waals surface area contributed by atoms with Gasteiger partial charge in [-0.15, -0.1) is 0 Å². The maximum atomic E-state index is 5.78. The molecule has 0 rings (SSSR count). The van der Waals surface area contributed by atoms with E-state index in [1.807, 2.05) is 0 Å². The Morgan fingerprint density at radius 2 is 2.12 bits per heavy atom. The minimum absolute atomic E-state index is 0.684. The highest BCUT2D eigenvalue weighted by Gasteiger charge is 2.16. The molecule has 0 amide bonds. The number of rotatable bonds is 3. The predicted octanol–water partition coefficient (Wildman–Crippen LogP) is 2.02. The van der Waals surface area contributed by atoms with Crippen LogP contribution in [0.15, 0.2) is 0 Å². The molecule has 0 N–H and O–H groups in total. The lowest BCUT2D eigenvalue weighted by Gasteiger charge is -2.02. The molecule has 0 aliphatic heterocycles. The van der Waals surface area contributed by atoms with Crippen LogP contribution >= 0.6 is 10.0 Å². The van der Waals surface area contributed by atoms with E-state index < -0.39 is 13.6 Å². The average molecular weight is 151 g/mol. The molecule has 0 aliphatic carbocycles. The summed E-state index contributed by atoms with van der Waals surface area (Å²) in [5.74, 6) is 0.684. The van der Waals surface area contributed by atoms with E-state index in [1.54, 1.807) is 7.11 Å². The van der Waals surface area contributed by atoms with Gasteiger partial charge in [0.2, 0.25) is 0 Å². The fraction of sp³-hybridized carbons (Fsp3) is 1.00. The molecule has 0 fully saturated rings. The Morgan fingerprint density at radius 3 is 2.25 bits per heavy atom. The van der Waals surface area contributed by atoms with Crippen LogP contribution in [0.1, 0.15) is 13.8 Å². The van der Waals surface area contributed by atoms with Crippen molar-refractivity contribution in [3.05, 3.63) is 0 Å². The van der Waals surface area contributed by atoms with Crippen molar-refractivity contribution in [2.24, 2.45) is 5.92 Å². The summed E-state index contributed by atoms with van der Waals surface area (Å²) in [4.78, 5) is 0. The van der Waals surface area contributed by atoms with Gasteiger partial charge in [-0.05, 0) is 0 Å². The van der Waals surface area contributed by atoms with Gasteiger partial charge in [0.05, 0.1) is 0 Å². The Labute approximate surface area is 59.9 Å². The third kappa shape index (κ3) is 4.93. The minimum atomic E-state index is -1.27. The van der Waals surface area contributed by atoms with Gasteiger partial charge in [-0.1, -0.05) is 25.0 Å². The lowest BCUT2D eigenvalue weighted by molar-refractivity contribution is 0.427. The molecule has 48 valence electrons. The van der Waals surface area contributed by atoms with E-state index >= 15 is 0 Å². The van der Waals surface area contributed by atoms with Crippen LogP contribution in [0, 0.1) is 5.92 Å². The zero-order valence-electron chi connectivity index (χ0n) is 5.65. The first-order chi connectivity index (χ1) is 3.66. The molecule has 0 aromatic carbocycles. The van der Waals surface area contributed by atoms with Crippen molar-refractivity contribution in [3.63, 3.8) is 0 Å². The molecule has 0 unspecified atom stereocenters. The number of hydrogen-bond acceptors (Lipinski definition) is 1. The smallest absolute Gasteiger partial charge is 0.491 e. The summed E-state index contributed by atoms with van der Waals surface area (Å²) in [6, 6.07) is 0. The topological polar surface area (TPSA) is 9.23 Å². The van der Waals surface area contributed by atoms with Crippen molar-refractivity contribution >= 4 is 23.6 Å². The summed E-state index contributed by atoms with van der Waals surface area (Å²) in [5.41, 5.74) is 0. The lowest BCUT2D eigenvalue weighted by atomic mass is 10.3. The zero-order chi connectivity index (χ0) is 6.57. The highest BCUT2D eigenvalue weighted by atomic mass is 35.6. The molecule has 1 nitrogen and oxygen atoms in total. The molecule has 0 aromatic heterocycles. The van der Waals surface area contributed by atoms with Gasteiger partial charge >= 0.3 is 13.6 Å². The molecule has 0 atom stereocenters. The van der Waals surface area contributed by atoms with E-state index in [4.69, 9.17) is 13.8 Å². The highest BCUT2D eigenvalue weighted by molar-refractivity contribution is 7.03. The van der Waals surface area contributed by atoms with Crippen molar-refractivity contribution in [3.8, 4) is 0 Å². The molecule has 0 aromatic rings. The van der Waals surface area contributed by atoms with E-state index in [1.165, 1.54) is 0 Å². The maximum absolute atomic E-state index is 5.78. The van der Waals surface area contributed by atoms with Crippen molar-refractivity contribution in [1.82, 2.24) is 0 Å². The Hall–Kier alpha value is 0.782. The summed E-state index contributed by atoms with van der Waals surface area (Å²) < 4.78 is 4.97. The lowest BCUT2D eigenvalue weighted by Crippen LogP contribution is -2.09. The first-order valence-electron chi connectivity index (χ1n) is 2.83. The first-order valence-corrected chi connectivity index (χ1v) is 5.87. The second-order valence-corrected chi connectivity index (χ2v) is 5.50. The fourth-order valence-electron chi connectivity index (χ4n) is 0.467. The quantitative estimate of drug-likeness (QED) is 0.560. The third-order valence-corrected chi connectivity index (χ3v) is 3.81. The van der Waals surface area contributed by atoms with Crippen LogP contribution in [-0.4, -0.2) is 20.7 Å². The largest absolute Gasteiger partial charge is 0.591 e. The Bertz CT molecular complexity index is 58.4. The number of hydrogen-bond donors (Lipinski definition) is 0. The van der Waals surface area contributed by atoms with Crippen LogP contribution in [0.25, 0.3) is 0 Å². The monoisotopic (exact) mass is 150 g/mol. The molecule has 0 heterocycles. The van der Waals surface area contributed by atoms with E-state index in [0.29, 0.717) is 5.92 Å². The highest BCUT2D eigenvalue weighted by Crippen LogP contribution is 2.07. The predicted molar refractivity (Wildman–Crippen MR) is 38.3 cm³/mol. The molecule has 0 aliphatic rings. The maximum Gasteiger partial charge on any atom is 0.591 e. The minimum Gasteiger partial charge on any atom is -0.491 e.